The molecule has 0 bridgehead atoms. The zero-order valence-electron chi connectivity index (χ0n) is 10.4. The van der Waals surface area contributed by atoms with Gasteiger partial charge in [-0.3, -0.25) is 0 Å². The highest BCUT2D eigenvalue weighted by Crippen LogP contribution is 2.23. The zero-order chi connectivity index (χ0) is 13.8. The summed E-state index contributed by atoms with van der Waals surface area (Å²) in [5.74, 6) is 2.19. The van der Waals surface area contributed by atoms with Gasteiger partial charge in [0.15, 0.2) is 0 Å². The van der Waals surface area contributed by atoms with Gasteiger partial charge in [0.2, 0.25) is 0 Å². The lowest BCUT2D eigenvalue weighted by molar-refractivity contribution is -0.141. The predicted octanol–water partition coefficient (Wildman–Crippen LogP) is 0.0644. The van der Waals surface area contributed by atoms with Crippen molar-refractivity contribution in [1.29, 1.82) is 0 Å². The van der Waals surface area contributed by atoms with Gasteiger partial charge in [-0.1, -0.05) is 0 Å². The highest BCUT2D eigenvalue weighted by molar-refractivity contribution is 8.06. The fourth-order valence-electron chi connectivity index (χ4n) is 2.23. The number of carbonyl (C=O) groups is 2. The van der Waals surface area contributed by atoms with Crippen LogP contribution in [0.4, 0.5) is 4.79 Å². The van der Waals surface area contributed by atoms with E-state index >= 15 is 0 Å². The fourth-order valence-corrected chi connectivity index (χ4v) is 4.84. The number of aliphatic hydroxyl groups excluding tert-OH is 1. The zero-order valence-corrected chi connectivity index (χ0v) is 12.1. The van der Waals surface area contributed by atoms with Crippen molar-refractivity contribution in [1.82, 2.24) is 10.2 Å². The quantitative estimate of drug-likeness (QED) is 0.683. The Hall–Kier alpha value is -0.600. The highest BCUT2D eigenvalue weighted by Gasteiger charge is 2.39. The van der Waals surface area contributed by atoms with Crippen LogP contribution in [-0.4, -0.2) is 74.9 Å². The number of nitrogens with zero attached hydrogens (tertiary/aromatic N) is 1. The SMILES string of the molecule is O=C(O)[C@@H]1C[C@@H](O)CN1C(=O)NCC1CSCCS1. The Labute approximate surface area is 120 Å². The molecule has 0 aromatic carbocycles. The summed E-state index contributed by atoms with van der Waals surface area (Å²) in [6.07, 6.45) is -0.636. The van der Waals surface area contributed by atoms with Crippen LogP contribution in [0.5, 0.6) is 0 Å². The van der Waals surface area contributed by atoms with Gasteiger partial charge in [-0.15, -0.1) is 0 Å². The first-order valence-electron chi connectivity index (χ1n) is 6.22. The number of β-amino-alcohol motifs (C(OH)–C–C–N with tert-alkyl or cyclic N) is 1. The lowest BCUT2D eigenvalue weighted by Crippen LogP contribution is -2.48. The summed E-state index contributed by atoms with van der Waals surface area (Å²) in [7, 11) is 0. The van der Waals surface area contributed by atoms with Gasteiger partial charge in [0.1, 0.15) is 6.04 Å². The van der Waals surface area contributed by atoms with Gasteiger partial charge in [-0.05, 0) is 0 Å². The van der Waals surface area contributed by atoms with E-state index in [1.165, 1.54) is 4.90 Å². The Morgan fingerprint density at radius 2 is 2.16 bits per heavy atom. The standard InChI is InChI=1S/C11H18N2O4S2/c14-7-3-9(10(15)16)13(5-7)11(17)12-4-8-6-18-1-2-19-8/h7-9,14H,1-6H2,(H,12,17)(H,15,16)/t7-,8?,9+/m1/s1. The molecule has 6 nitrogen and oxygen atoms in total. The van der Waals surface area contributed by atoms with Crippen molar-refractivity contribution < 1.29 is 19.8 Å². The van der Waals surface area contributed by atoms with Crippen molar-refractivity contribution >= 4 is 35.5 Å². The molecule has 2 saturated heterocycles. The van der Waals surface area contributed by atoms with Gasteiger partial charge in [-0.25, -0.2) is 9.59 Å². The molecular weight excluding hydrogens is 288 g/mol. The molecule has 0 aromatic rings. The van der Waals surface area contributed by atoms with E-state index in [2.05, 4.69) is 5.32 Å². The number of likely N-dealkylation sites (tertiary alicyclic amines) is 1. The lowest BCUT2D eigenvalue weighted by Gasteiger charge is -2.25. The average molecular weight is 306 g/mol. The summed E-state index contributed by atoms with van der Waals surface area (Å²) in [6, 6.07) is -1.30. The minimum atomic E-state index is -1.06. The van der Waals surface area contributed by atoms with E-state index < -0.39 is 18.1 Å². The minimum absolute atomic E-state index is 0.0926. The van der Waals surface area contributed by atoms with Crippen molar-refractivity contribution in [3.05, 3.63) is 0 Å². The van der Waals surface area contributed by atoms with Crippen LogP contribution in [0.3, 0.4) is 0 Å². The monoisotopic (exact) mass is 306 g/mol. The number of thioether (sulfide) groups is 2. The smallest absolute Gasteiger partial charge is 0.326 e. The van der Waals surface area contributed by atoms with Crippen molar-refractivity contribution in [3.8, 4) is 0 Å². The number of hydrogen-bond donors (Lipinski definition) is 3. The van der Waals surface area contributed by atoms with E-state index in [0.29, 0.717) is 11.8 Å². The molecule has 3 N–H and O–H groups in total. The van der Waals surface area contributed by atoms with Gasteiger partial charge < -0.3 is 20.4 Å². The van der Waals surface area contributed by atoms with Gasteiger partial charge >= 0.3 is 12.0 Å². The number of nitrogens with one attached hydrogen (secondary N) is 1. The summed E-state index contributed by atoms with van der Waals surface area (Å²) in [4.78, 5) is 24.2. The molecule has 8 heteroatoms. The number of carboxylic acids is 1. The molecule has 0 aliphatic carbocycles. The van der Waals surface area contributed by atoms with Crippen LogP contribution < -0.4 is 5.32 Å². The topological polar surface area (TPSA) is 89.9 Å². The molecule has 3 atom stereocenters. The molecule has 0 saturated carbocycles. The van der Waals surface area contributed by atoms with Crippen LogP contribution in [0.25, 0.3) is 0 Å². The fraction of sp³-hybridized carbons (Fsp3) is 0.818. The molecule has 2 heterocycles. The summed E-state index contributed by atoms with van der Waals surface area (Å²) >= 11 is 3.71. The number of hydrogen-bond acceptors (Lipinski definition) is 5. The van der Waals surface area contributed by atoms with Crippen LogP contribution in [0, 0.1) is 0 Å². The molecule has 0 aromatic heterocycles. The highest BCUT2D eigenvalue weighted by atomic mass is 32.2. The molecule has 2 fully saturated rings. The maximum absolute atomic E-state index is 12.0. The molecule has 2 aliphatic rings. The minimum Gasteiger partial charge on any atom is -0.480 e. The summed E-state index contributed by atoms with van der Waals surface area (Å²) < 4.78 is 0. The van der Waals surface area contributed by atoms with E-state index in [-0.39, 0.29) is 19.0 Å². The normalized spacial score (nSPS) is 31.2. The molecule has 0 radical (unpaired) electrons. The Kier molecular flexibility index (Phi) is 5.23. The number of carboxylic acid groups (broad SMARTS) is 1. The Balaban J connectivity index is 1.82. The number of aliphatic carboxylic acids is 1. The summed E-state index contributed by atoms with van der Waals surface area (Å²) in [5, 5.41) is 21.7. The van der Waals surface area contributed by atoms with Crippen LogP contribution in [0.15, 0.2) is 0 Å². The molecule has 2 amide bonds. The van der Waals surface area contributed by atoms with Crippen LogP contribution in [-0.2, 0) is 4.79 Å². The number of amides is 2. The van der Waals surface area contributed by atoms with E-state index in [9.17, 15) is 14.7 Å². The van der Waals surface area contributed by atoms with Gasteiger partial charge in [0, 0.05) is 42.0 Å². The van der Waals surface area contributed by atoms with E-state index in [1.54, 1.807) is 0 Å². The maximum Gasteiger partial charge on any atom is 0.326 e. The molecule has 108 valence electrons. The maximum atomic E-state index is 12.0. The number of aliphatic hydroxyl groups is 1. The molecule has 2 rings (SSSR count). The Bertz CT molecular complexity index is 350. The van der Waals surface area contributed by atoms with Crippen LogP contribution in [0.2, 0.25) is 0 Å². The van der Waals surface area contributed by atoms with Crippen LogP contribution in [0.1, 0.15) is 6.42 Å². The lowest BCUT2D eigenvalue weighted by atomic mass is 10.2. The molecule has 2 aliphatic heterocycles. The Morgan fingerprint density at radius 1 is 1.37 bits per heavy atom. The van der Waals surface area contributed by atoms with E-state index in [0.717, 1.165) is 17.3 Å². The molecular formula is C11H18N2O4S2. The largest absolute Gasteiger partial charge is 0.480 e. The second-order valence-corrected chi connectivity index (χ2v) is 7.21. The van der Waals surface area contributed by atoms with Crippen molar-refractivity contribution in [3.63, 3.8) is 0 Å². The molecule has 1 unspecified atom stereocenters. The third-order valence-electron chi connectivity index (χ3n) is 3.19. The van der Waals surface area contributed by atoms with Gasteiger partial charge in [-0.2, -0.15) is 23.5 Å². The van der Waals surface area contributed by atoms with Crippen molar-refractivity contribution in [2.24, 2.45) is 0 Å². The summed E-state index contributed by atoms with van der Waals surface area (Å²) in [5.41, 5.74) is 0. The number of rotatable bonds is 3. The molecule has 19 heavy (non-hydrogen) atoms. The molecule has 0 spiro atoms. The number of carbonyl (C=O) groups excluding carboxylic acids is 1. The third-order valence-corrected chi connectivity index (χ3v) is 6.04. The van der Waals surface area contributed by atoms with E-state index in [4.69, 9.17) is 5.11 Å². The van der Waals surface area contributed by atoms with E-state index in [1.807, 2.05) is 23.5 Å². The third kappa shape index (κ3) is 3.93. The first-order valence-corrected chi connectivity index (χ1v) is 8.43. The van der Waals surface area contributed by atoms with Crippen LogP contribution >= 0.6 is 23.5 Å². The van der Waals surface area contributed by atoms with Crippen molar-refractivity contribution in [2.75, 3.05) is 30.3 Å². The second-order valence-electron chi connectivity index (χ2n) is 4.65. The first-order chi connectivity index (χ1) is 9.08. The second kappa shape index (κ2) is 6.71. The van der Waals surface area contributed by atoms with Gasteiger partial charge in [0.25, 0.3) is 0 Å². The summed E-state index contributed by atoms with van der Waals surface area (Å²) in [6.45, 7) is 0.644. The average Bonchev–Trinajstić information content (AvgIpc) is 2.79. The number of urea groups is 1. The first kappa shape index (κ1) is 14.8. The van der Waals surface area contributed by atoms with Gasteiger partial charge in [0.05, 0.1) is 6.10 Å². The Morgan fingerprint density at radius 3 is 2.79 bits per heavy atom. The predicted molar refractivity (Wildman–Crippen MR) is 75.7 cm³/mol. The van der Waals surface area contributed by atoms with Crippen molar-refractivity contribution in [2.45, 2.75) is 23.8 Å².